The molecule has 3 N–H and O–H groups in total. The summed E-state index contributed by atoms with van der Waals surface area (Å²) in [4.78, 5) is 11.2. The molecular weight excluding hydrogens is 220 g/mol. The van der Waals surface area contributed by atoms with Gasteiger partial charge in [0, 0.05) is 0 Å². The summed E-state index contributed by atoms with van der Waals surface area (Å²) >= 11 is 0. The van der Waals surface area contributed by atoms with Crippen LogP contribution >= 0.6 is 0 Å². The van der Waals surface area contributed by atoms with E-state index in [1.54, 1.807) is 6.07 Å². The molecule has 0 aliphatic rings. The lowest BCUT2D eigenvalue weighted by atomic mass is 9.77. The van der Waals surface area contributed by atoms with Crippen LogP contribution in [0.5, 0.6) is 11.5 Å². The molecule has 1 atom stereocenters. The normalized spacial score (nSPS) is 13.4. The van der Waals surface area contributed by atoms with Gasteiger partial charge in [-0.15, -0.1) is 0 Å². The van der Waals surface area contributed by atoms with Crippen molar-refractivity contribution in [2.24, 2.45) is 11.3 Å². The zero-order valence-electron chi connectivity index (χ0n) is 10.3. The molecule has 0 heterocycles. The Balaban J connectivity index is 2.95. The van der Waals surface area contributed by atoms with Crippen molar-refractivity contribution in [3.63, 3.8) is 0 Å². The molecule has 0 fully saturated rings. The molecule has 0 aliphatic carbocycles. The van der Waals surface area contributed by atoms with Gasteiger partial charge in [-0.3, -0.25) is 4.79 Å². The van der Waals surface area contributed by atoms with Crippen LogP contribution in [-0.4, -0.2) is 21.3 Å². The van der Waals surface area contributed by atoms with Crippen molar-refractivity contribution in [3.05, 3.63) is 23.8 Å². The van der Waals surface area contributed by atoms with Crippen LogP contribution in [-0.2, 0) is 11.2 Å². The highest BCUT2D eigenvalue weighted by molar-refractivity contribution is 5.71. The van der Waals surface area contributed by atoms with Crippen molar-refractivity contribution in [2.75, 3.05) is 0 Å². The van der Waals surface area contributed by atoms with E-state index in [-0.39, 0.29) is 16.9 Å². The molecule has 0 amide bonds. The minimum Gasteiger partial charge on any atom is -0.504 e. The number of carboxylic acids is 1. The van der Waals surface area contributed by atoms with Gasteiger partial charge in [-0.2, -0.15) is 0 Å². The fraction of sp³-hybridized carbons (Fsp3) is 0.462. The van der Waals surface area contributed by atoms with E-state index in [9.17, 15) is 20.1 Å². The van der Waals surface area contributed by atoms with E-state index < -0.39 is 11.9 Å². The topological polar surface area (TPSA) is 77.8 Å². The summed E-state index contributed by atoms with van der Waals surface area (Å²) in [6.45, 7) is 5.60. The van der Waals surface area contributed by atoms with Crippen molar-refractivity contribution in [1.29, 1.82) is 0 Å². The average Bonchev–Trinajstić information content (AvgIpc) is 2.17. The predicted molar refractivity (Wildman–Crippen MR) is 64.1 cm³/mol. The van der Waals surface area contributed by atoms with E-state index in [0.717, 1.165) is 0 Å². The molecule has 17 heavy (non-hydrogen) atoms. The number of carboxylic acid groups (broad SMARTS) is 1. The Labute approximate surface area is 101 Å². The van der Waals surface area contributed by atoms with Crippen LogP contribution < -0.4 is 0 Å². The van der Waals surface area contributed by atoms with Crippen LogP contribution in [0.3, 0.4) is 0 Å². The predicted octanol–water partition coefficient (Wildman–Crippen LogP) is 2.39. The molecule has 0 bridgehead atoms. The standard InChI is InChI=1S/C13H18O4/c1-13(2,3)9(12(16)17)6-8-4-5-10(14)11(15)7-8/h4-5,7,9,14-15H,6H2,1-3H3,(H,16,17). The molecule has 94 valence electrons. The number of hydrogen-bond acceptors (Lipinski definition) is 3. The van der Waals surface area contributed by atoms with Gasteiger partial charge in [0.2, 0.25) is 0 Å². The van der Waals surface area contributed by atoms with Gasteiger partial charge in [-0.1, -0.05) is 26.8 Å². The summed E-state index contributed by atoms with van der Waals surface area (Å²) in [5, 5.41) is 27.7. The zero-order valence-corrected chi connectivity index (χ0v) is 10.3. The second-order valence-electron chi connectivity index (χ2n) is 5.28. The SMILES string of the molecule is CC(C)(C)C(Cc1ccc(O)c(O)c1)C(=O)O. The van der Waals surface area contributed by atoms with Crippen molar-refractivity contribution < 1.29 is 20.1 Å². The first kappa shape index (κ1) is 13.4. The lowest BCUT2D eigenvalue weighted by Gasteiger charge is -2.27. The van der Waals surface area contributed by atoms with Gasteiger partial charge in [-0.05, 0) is 29.5 Å². The maximum absolute atomic E-state index is 11.2. The summed E-state index contributed by atoms with van der Waals surface area (Å²) < 4.78 is 0. The highest BCUT2D eigenvalue weighted by Gasteiger charge is 2.31. The Morgan fingerprint density at radius 3 is 2.24 bits per heavy atom. The number of phenolic OH excluding ortho intramolecular Hbond substituents is 2. The second-order valence-corrected chi connectivity index (χ2v) is 5.28. The van der Waals surface area contributed by atoms with Crippen LogP contribution in [0, 0.1) is 11.3 Å². The lowest BCUT2D eigenvalue weighted by molar-refractivity contribution is -0.145. The van der Waals surface area contributed by atoms with Gasteiger partial charge >= 0.3 is 5.97 Å². The van der Waals surface area contributed by atoms with Crippen molar-refractivity contribution in [2.45, 2.75) is 27.2 Å². The molecule has 4 nitrogen and oxygen atoms in total. The molecular formula is C13H18O4. The zero-order chi connectivity index (χ0) is 13.2. The summed E-state index contributed by atoms with van der Waals surface area (Å²) in [7, 11) is 0. The van der Waals surface area contributed by atoms with Crippen LogP contribution in [0.1, 0.15) is 26.3 Å². The van der Waals surface area contributed by atoms with Gasteiger partial charge in [0.05, 0.1) is 5.92 Å². The van der Waals surface area contributed by atoms with Gasteiger partial charge < -0.3 is 15.3 Å². The monoisotopic (exact) mass is 238 g/mol. The third-order valence-corrected chi connectivity index (χ3v) is 2.82. The number of carbonyl (C=O) groups is 1. The van der Waals surface area contributed by atoms with Crippen LogP contribution in [0.2, 0.25) is 0 Å². The summed E-state index contributed by atoms with van der Waals surface area (Å²) in [6, 6.07) is 4.39. The highest BCUT2D eigenvalue weighted by Crippen LogP contribution is 2.32. The van der Waals surface area contributed by atoms with Gasteiger partial charge in [0.1, 0.15) is 0 Å². The number of benzene rings is 1. The third kappa shape index (κ3) is 3.37. The number of rotatable bonds is 3. The number of hydrogen-bond donors (Lipinski definition) is 3. The molecule has 1 rings (SSSR count). The molecule has 0 saturated heterocycles. The van der Waals surface area contributed by atoms with Crippen molar-refractivity contribution in [3.8, 4) is 11.5 Å². The van der Waals surface area contributed by atoms with Crippen molar-refractivity contribution >= 4 is 5.97 Å². The Hall–Kier alpha value is -1.71. The largest absolute Gasteiger partial charge is 0.504 e. The molecule has 0 aliphatic heterocycles. The second kappa shape index (κ2) is 4.65. The highest BCUT2D eigenvalue weighted by atomic mass is 16.4. The minimum absolute atomic E-state index is 0.198. The first-order valence-corrected chi connectivity index (χ1v) is 5.45. The van der Waals surface area contributed by atoms with Crippen LogP contribution in [0.25, 0.3) is 0 Å². The Bertz CT molecular complexity index is 418. The van der Waals surface area contributed by atoms with Crippen LogP contribution in [0.15, 0.2) is 18.2 Å². The molecule has 1 aromatic carbocycles. The first-order valence-electron chi connectivity index (χ1n) is 5.45. The summed E-state index contributed by atoms with van der Waals surface area (Å²) in [5.41, 5.74) is 0.335. The molecule has 1 unspecified atom stereocenters. The van der Waals surface area contributed by atoms with E-state index >= 15 is 0 Å². The number of aliphatic carboxylic acids is 1. The maximum Gasteiger partial charge on any atom is 0.307 e. The minimum atomic E-state index is -0.856. The summed E-state index contributed by atoms with van der Waals surface area (Å²) in [5.74, 6) is -1.81. The number of phenols is 2. The van der Waals surface area contributed by atoms with E-state index in [2.05, 4.69) is 0 Å². The fourth-order valence-corrected chi connectivity index (χ4v) is 1.70. The molecule has 1 aromatic rings. The first-order chi connectivity index (χ1) is 7.71. The molecule has 0 spiro atoms. The third-order valence-electron chi connectivity index (χ3n) is 2.82. The van der Waals surface area contributed by atoms with E-state index in [4.69, 9.17) is 0 Å². The van der Waals surface area contributed by atoms with E-state index in [1.165, 1.54) is 12.1 Å². The van der Waals surface area contributed by atoms with Crippen LogP contribution in [0.4, 0.5) is 0 Å². The summed E-state index contributed by atoms with van der Waals surface area (Å²) in [6.07, 6.45) is 0.326. The number of aromatic hydroxyl groups is 2. The van der Waals surface area contributed by atoms with Gasteiger partial charge in [0.15, 0.2) is 11.5 Å². The van der Waals surface area contributed by atoms with Crippen molar-refractivity contribution in [1.82, 2.24) is 0 Å². The lowest BCUT2D eigenvalue weighted by Crippen LogP contribution is -2.30. The maximum atomic E-state index is 11.2. The fourth-order valence-electron chi connectivity index (χ4n) is 1.70. The molecule has 0 saturated carbocycles. The average molecular weight is 238 g/mol. The Morgan fingerprint density at radius 1 is 1.24 bits per heavy atom. The Morgan fingerprint density at radius 2 is 1.82 bits per heavy atom. The molecule has 0 radical (unpaired) electrons. The van der Waals surface area contributed by atoms with Gasteiger partial charge in [0.25, 0.3) is 0 Å². The smallest absolute Gasteiger partial charge is 0.307 e. The van der Waals surface area contributed by atoms with Gasteiger partial charge in [-0.25, -0.2) is 0 Å². The quantitative estimate of drug-likeness (QED) is 0.706. The molecule has 4 heteroatoms. The molecule has 0 aromatic heterocycles. The van der Waals surface area contributed by atoms with E-state index in [0.29, 0.717) is 12.0 Å². The Kier molecular flexibility index (Phi) is 3.66. The van der Waals surface area contributed by atoms with E-state index in [1.807, 2.05) is 20.8 Å².